The highest BCUT2D eigenvalue weighted by atomic mass is 16.4. The van der Waals surface area contributed by atoms with Crippen molar-refractivity contribution in [2.75, 3.05) is 0 Å². The molecule has 0 aromatic heterocycles. The first-order valence-corrected chi connectivity index (χ1v) is 5.43. The Balaban J connectivity index is 1.94. The van der Waals surface area contributed by atoms with Gasteiger partial charge in [-0.1, -0.05) is 18.2 Å². The maximum atomic E-state index is 10.5. The number of aliphatic imine (C=N–C) groups is 1. The fourth-order valence-electron chi connectivity index (χ4n) is 1.97. The molecule has 1 aliphatic heterocycles. The molecule has 0 bridgehead atoms. The van der Waals surface area contributed by atoms with Crippen LogP contribution in [0.5, 0.6) is 0 Å². The third kappa shape index (κ3) is 1.78. The van der Waals surface area contributed by atoms with Crippen molar-refractivity contribution in [3.8, 4) is 0 Å². The molecule has 0 saturated heterocycles. The Morgan fingerprint density at radius 3 is 3.00 bits per heavy atom. The first-order chi connectivity index (χ1) is 8.22. The van der Waals surface area contributed by atoms with Crippen LogP contribution in [-0.2, 0) is 4.79 Å². The highest BCUT2D eigenvalue weighted by Crippen LogP contribution is 2.13. The number of allylic oxidation sites excluding steroid dienone is 1. The summed E-state index contributed by atoms with van der Waals surface area (Å²) >= 11 is 0. The van der Waals surface area contributed by atoms with E-state index in [0.717, 1.165) is 21.8 Å². The van der Waals surface area contributed by atoms with Crippen LogP contribution in [0.15, 0.2) is 28.2 Å². The van der Waals surface area contributed by atoms with Crippen molar-refractivity contribution in [3.05, 3.63) is 34.3 Å². The topological polar surface area (TPSA) is 62.0 Å². The molecule has 17 heavy (non-hydrogen) atoms. The predicted octanol–water partition coefficient (Wildman–Crippen LogP) is 1.02. The zero-order chi connectivity index (χ0) is 11.8. The Labute approximate surface area is 97.3 Å². The molecule has 3 rings (SSSR count). The number of fused-ring (bicyclic) bond motifs is 2. The van der Waals surface area contributed by atoms with E-state index in [0.29, 0.717) is 12.3 Å². The lowest BCUT2D eigenvalue weighted by Gasteiger charge is -1.92. The Morgan fingerprint density at radius 2 is 2.18 bits per heavy atom. The zero-order valence-electron chi connectivity index (χ0n) is 9.05. The van der Waals surface area contributed by atoms with Crippen LogP contribution in [0.3, 0.4) is 0 Å². The van der Waals surface area contributed by atoms with Crippen LogP contribution in [-0.4, -0.2) is 16.9 Å². The lowest BCUT2D eigenvalue weighted by Crippen LogP contribution is -2.10. The van der Waals surface area contributed by atoms with Gasteiger partial charge in [0, 0.05) is 6.42 Å². The molecule has 84 valence electrons. The second kappa shape index (κ2) is 3.66. The van der Waals surface area contributed by atoms with Gasteiger partial charge < -0.3 is 5.11 Å². The minimum atomic E-state index is -0.822. The maximum Gasteiger partial charge on any atom is 0.303 e. The van der Waals surface area contributed by atoms with E-state index in [4.69, 9.17) is 5.11 Å². The summed E-state index contributed by atoms with van der Waals surface area (Å²) in [5, 5.41) is 10.6. The molecular weight excluding hydrogens is 216 g/mol. The van der Waals surface area contributed by atoms with E-state index in [1.54, 1.807) is 0 Å². The summed E-state index contributed by atoms with van der Waals surface area (Å²) in [6.45, 7) is 0. The fourth-order valence-corrected chi connectivity index (χ4v) is 1.97. The van der Waals surface area contributed by atoms with Crippen molar-refractivity contribution in [2.24, 2.45) is 9.98 Å². The van der Waals surface area contributed by atoms with E-state index in [1.807, 2.05) is 30.4 Å². The molecule has 0 amide bonds. The molecule has 0 unspecified atom stereocenters. The second-order valence-electron chi connectivity index (χ2n) is 4.03. The average Bonchev–Trinajstić information content (AvgIpc) is 2.87. The molecule has 0 fully saturated rings. The smallest absolute Gasteiger partial charge is 0.303 e. The standard InChI is InChI=1S/C13H10N2O2/c16-13(17)5-4-12-14-10-6-8-2-1-3-9(8)7-11(10)15-12/h1-3,6-7H,4-5H2,(H,16,17). The van der Waals surface area contributed by atoms with E-state index in [2.05, 4.69) is 9.98 Å². The number of benzene rings is 1. The van der Waals surface area contributed by atoms with Crippen LogP contribution < -0.4 is 10.6 Å². The number of nitrogens with zero attached hydrogens (tertiary/aromatic N) is 2. The van der Waals surface area contributed by atoms with Crippen LogP contribution in [0.4, 0.5) is 5.69 Å². The molecular formula is C13H10N2O2. The average molecular weight is 226 g/mol. The van der Waals surface area contributed by atoms with Gasteiger partial charge in [-0.05, 0) is 22.9 Å². The first kappa shape index (κ1) is 9.96. The minimum Gasteiger partial charge on any atom is -0.481 e. The molecule has 0 radical (unpaired) electrons. The van der Waals surface area contributed by atoms with Gasteiger partial charge in [0.1, 0.15) is 5.84 Å². The number of hydrogen-bond donors (Lipinski definition) is 1. The summed E-state index contributed by atoms with van der Waals surface area (Å²) in [4.78, 5) is 19.2. The SMILES string of the molecule is O=C(O)CCC1=Nc2cc3c(cc2=N1)C=CC=3. The quantitative estimate of drug-likeness (QED) is 0.836. The van der Waals surface area contributed by atoms with Crippen molar-refractivity contribution >= 4 is 29.6 Å². The third-order valence-electron chi connectivity index (χ3n) is 2.79. The van der Waals surface area contributed by atoms with Gasteiger partial charge in [0.15, 0.2) is 0 Å². The largest absolute Gasteiger partial charge is 0.481 e. The van der Waals surface area contributed by atoms with Gasteiger partial charge in [-0.25, -0.2) is 9.98 Å². The molecule has 1 heterocycles. The van der Waals surface area contributed by atoms with Crippen molar-refractivity contribution in [3.63, 3.8) is 0 Å². The monoisotopic (exact) mass is 226 g/mol. The van der Waals surface area contributed by atoms with Crippen LogP contribution in [0.1, 0.15) is 18.4 Å². The summed E-state index contributed by atoms with van der Waals surface area (Å²) in [5.74, 6) is -0.215. The second-order valence-corrected chi connectivity index (χ2v) is 4.03. The van der Waals surface area contributed by atoms with Gasteiger partial charge in [-0.2, -0.15) is 0 Å². The number of carbonyl (C=O) groups is 1. The Morgan fingerprint density at radius 1 is 1.29 bits per heavy atom. The number of carboxylic acids is 1. The highest BCUT2D eigenvalue weighted by molar-refractivity contribution is 5.90. The zero-order valence-corrected chi connectivity index (χ0v) is 9.05. The Kier molecular flexibility index (Phi) is 2.14. The van der Waals surface area contributed by atoms with Crippen molar-refractivity contribution in [1.82, 2.24) is 0 Å². The van der Waals surface area contributed by atoms with E-state index in [-0.39, 0.29) is 6.42 Å². The molecule has 4 heteroatoms. The lowest BCUT2D eigenvalue weighted by atomic mass is 10.2. The Hall–Kier alpha value is -2.23. The lowest BCUT2D eigenvalue weighted by molar-refractivity contribution is -0.136. The molecule has 1 aromatic rings. The van der Waals surface area contributed by atoms with E-state index in [9.17, 15) is 4.79 Å². The van der Waals surface area contributed by atoms with Crippen molar-refractivity contribution in [1.29, 1.82) is 0 Å². The normalized spacial score (nSPS) is 14.7. The molecule has 2 aliphatic rings. The summed E-state index contributed by atoms with van der Waals surface area (Å²) in [6.07, 6.45) is 6.51. The number of aliphatic carboxylic acids is 1. The van der Waals surface area contributed by atoms with Crippen LogP contribution in [0, 0.1) is 0 Å². The molecule has 4 nitrogen and oxygen atoms in total. The van der Waals surface area contributed by atoms with E-state index < -0.39 is 5.97 Å². The van der Waals surface area contributed by atoms with E-state index in [1.165, 1.54) is 0 Å². The maximum absolute atomic E-state index is 10.5. The Bertz CT molecular complexity index is 684. The first-order valence-electron chi connectivity index (χ1n) is 5.43. The summed E-state index contributed by atoms with van der Waals surface area (Å²) in [6, 6.07) is 3.98. The predicted molar refractivity (Wildman–Crippen MR) is 64.7 cm³/mol. The minimum absolute atomic E-state index is 0.0715. The van der Waals surface area contributed by atoms with Gasteiger partial charge >= 0.3 is 5.97 Å². The number of carboxylic acid groups (broad SMARTS) is 1. The molecule has 1 aromatic carbocycles. The molecule has 1 N–H and O–H groups in total. The molecule has 1 aliphatic carbocycles. The van der Waals surface area contributed by atoms with Crippen LogP contribution in [0.25, 0.3) is 12.2 Å². The number of rotatable bonds is 3. The summed E-state index contributed by atoms with van der Waals surface area (Å²) in [5.41, 5.74) is 1.98. The van der Waals surface area contributed by atoms with Gasteiger partial charge in [-0.15, -0.1) is 0 Å². The molecule has 0 atom stereocenters. The summed E-state index contributed by atoms with van der Waals surface area (Å²) in [7, 11) is 0. The molecule has 0 saturated carbocycles. The van der Waals surface area contributed by atoms with Crippen LogP contribution in [0.2, 0.25) is 0 Å². The van der Waals surface area contributed by atoms with E-state index >= 15 is 0 Å². The third-order valence-corrected chi connectivity index (χ3v) is 2.79. The van der Waals surface area contributed by atoms with Crippen molar-refractivity contribution < 1.29 is 9.90 Å². The number of amidine groups is 1. The fraction of sp³-hybridized carbons (Fsp3) is 0.154. The number of hydrogen-bond acceptors (Lipinski definition) is 3. The van der Waals surface area contributed by atoms with Gasteiger partial charge in [-0.3, -0.25) is 4.79 Å². The van der Waals surface area contributed by atoms with Gasteiger partial charge in [0.05, 0.1) is 17.5 Å². The van der Waals surface area contributed by atoms with Gasteiger partial charge in [0.2, 0.25) is 0 Å². The highest BCUT2D eigenvalue weighted by Gasteiger charge is 2.11. The molecule has 0 spiro atoms. The van der Waals surface area contributed by atoms with Gasteiger partial charge in [0.25, 0.3) is 0 Å². The van der Waals surface area contributed by atoms with Crippen LogP contribution >= 0.6 is 0 Å². The van der Waals surface area contributed by atoms with Crippen molar-refractivity contribution in [2.45, 2.75) is 12.8 Å². The summed E-state index contributed by atoms with van der Waals surface area (Å²) < 4.78 is 0.